The summed E-state index contributed by atoms with van der Waals surface area (Å²) in [5.41, 5.74) is 2.09. The zero-order valence-corrected chi connectivity index (χ0v) is 15.3. The van der Waals surface area contributed by atoms with Crippen LogP contribution in [0.5, 0.6) is 0 Å². The Hall–Kier alpha value is -2.70. The Balaban J connectivity index is 0.000000209. The first-order chi connectivity index (χ1) is 12.4. The molecule has 0 aliphatic carbocycles. The van der Waals surface area contributed by atoms with Gasteiger partial charge in [0.1, 0.15) is 0 Å². The smallest absolute Gasteiger partial charge is 0.294 e. The number of rotatable bonds is 4. The number of carbonyl (C=O) groups is 1. The molecule has 5 nitrogen and oxygen atoms in total. The highest BCUT2D eigenvalue weighted by Crippen LogP contribution is 2.11. The Labute approximate surface area is 154 Å². The van der Waals surface area contributed by atoms with E-state index in [9.17, 15) is 13.2 Å². The summed E-state index contributed by atoms with van der Waals surface area (Å²) in [6.07, 6.45) is 5.85. The number of Topliss-reactive ketones (excluding diaryl/α,β-unsaturated/α-hetero) is 1. The molecule has 0 radical (unpaired) electrons. The van der Waals surface area contributed by atoms with Crippen molar-refractivity contribution in [1.29, 1.82) is 0 Å². The van der Waals surface area contributed by atoms with E-state index in [2.05, 4.69) is 17.0 Å². The molecule has 0 atom stereocenters. The Bertz CT molecular complexity index is 888. The summed E-state index contributed by atoms with van der Waals surface area (Å²) in [6.45, 7) is 3.29. The van der Waals surface area contributed by atoms with Gasteiger partial charge >= 0.3 is 0 Å². The molecule has 0 unspecified atom stereocenters. The molecule has 1 heterocycles. The molecule has 0 aromatic heterocycles. The lowest BCUT2D eigenvalue weighted by Gasteiger charge is -2.22. The lowest BCUT2D eigenvalue weighted by atomic mass is 10.1. The fourth-order valence-electron chi connectivity index (χ4n) is 2.32. The number of hydrogen-bond donors (Lipinski definition) is 1. The van der Waals surface area contributed by atoms with E-state index in [0.717, 1.165) is 18.7 Å². The van der Waals surface area contributed by atoms with E-state index in [1.807, 2.05) is 36.6 Å². The van der Waals surface area contributed by atoms with Gasteiger partial charge in [0.05, 0.1) is 4.90 Å². The van der Waals surface area contributed by atoms with Crippen molar-refractivity contribution < 1.29 is 17.8 Å². The number of hydrogen-bond acceptors (Lipinski definition) is 4. The van der Waals surface area contributed by atoms with Crippen molar-refractivity contribution in [3.63, 3.8) is 0 Å². The van der Waals surface area contributed by atoms with Crippen LogP contribution >= 0.6 is 0 Å². The third-order valence-corrected chi connectivity index (χ3v) is 4.55. The average molecular weight is 371 g/mol. The van der Waals surface area contributed by atoms with Gasteiger partial charge in [0.25, 0.3) is 10.1 Å². The fraction of sp³-hybridized carbons (Fsp3) is 0.150. The number of benzene rings is 2. The molecule has 2 aromatic carbocycles. The molecule has 0 fully saturated rings. The second-order valence-electron chi connectivity index (χ2n) is 5.73. The molecule has 26 heavy (non-hydrogen) atoms. The summed E-state index contributed by atoms with van der Waals surface area (Å²) in [6, 6.07) is 17.7. The van der Waals surface area contributed by atoms with E-state index < -0.39 is 10.1 Å². The van der Waals surface area contributed by atoms with Gasteiger partial charge in [-0.25, -0.2) is 0 Å². The number of nitrogens with zero attached hydrogens (tertiary/aromatic N) is 1. The van der Waals surface area contributed by atoms with Gasteiger partial charge < -0.3 is 4.90 Å². The second kappa shape index (κ2) is 9.12. The molecule has 0 saturated heterocycles. The molecule has 136 valence electrons. The molecule has 0 saturated carbocycles. The molecule has 2 aromatic rings. The molecule has 6 heteroatoms. The monoisotopic (exact) mass is 371 g/mol. The molecule has 3 rings (SSSR count). The van der Waals surface area contributed by atoms with Crippen molar-refractivity contribution >= 4 is 15.9 Å². The van der Waals surface area contributed by atoms with Gasteiger partial charge in [-0.2, -0.15) is 8.42 Å². The Morgan fingerprint density at radius 2 is 1.62 bits per heavy atom. The number of carbonyl (C=O) groups excluding carboxylic acids is 1. The van der Waals surface area contributed by atoms with E-state index in [1.54, 1.807) is 25.1 Å². The summed E-state index contributed by atoms with van der Waals surface area (Å²) in [4.78, 5) is 13.2. The van der Waals surface area contributed by atoms with Crippen molar-refractivity contribution in [3.8, 4) is 0 Å². The van der Waals surface area contributed by atoms with Crippen molar-refractivity contribution in [2.24, 2.45) is 0 Å². The van der Waals surface area contributed by atoms with E-state index in [4.69, 9.17) is 4.55 Å². The predicted octanol–water partition coefficient (Wildman–Crippen LogP) is 3.46. The van der Waals surface area contributed by atoms with Crippen molar-refractivity contribution in [2.75, 3.05) is 6.54 Å². The third kappa shape index (κ3) is 6.31. The summed E-state index contributed by atoms with van der Waals surface area (Å²) < 4.78 is 29.2. The largest absolute Gasteiger partial charge is 0.369 e. The van der Waals surface area contributed by atoms with Crippen LogP contribution < -0.4 is 0 Å². The Kier molecular flexibility index (Phi) is 6.89. The molecular formula is C20H21NO4S. The van der Waals surface area contributed by atoms with Crippen LogP contribution in [0.2, 0.25) is 0 Å². The van der Waals surface area contributed by atoms with Crippen LogP contribution in [0.15, 0.2) is 89.5 Å². The Morgan fingerprint density at radius 1 is 1.04 bits per heavy atom. The van der Waals surface area contributed by atoms with Gasteiger partial charge in [-0.05, 0) is 30.7 Å². The molecule has 0 bridgehead atoms. The van der Waals surface area contributed by atoms with Crippen LogP contribution in [0.25, 0.3) is 0 Å². The first-order valence-corrected chi connectivity index (χ1v) is 9.50. The first kappa shape index (κ1) is 19.6. The van der Waals surface area contributed by atoms with E-state index in [1.165, 1.54) is 17.7 Å². The average Bonchev–Trinajstić information content (AvgIpc) is 2.64. The van der Waals surface area contributed by atoms with Gasteiger partial charge in [0.15, 0.2) is 5.78 Å². The predicted molar refractivity (Wildman–Crippen MR) is 101 cm³/mol. The van der Waals surface area contributed by atoms with Gasteiger partial charge in [-0.1, -0.05) is 54.6 Å². The lowest BCUT2D eigenvalue weighted by molar-refractivity contribution is -0.113. The normalized spacial score (nSPS) is 13.5. The van der Waals surface area contributed by atoms with Gasteiger partial charge in [-0.3, -0.25) is 9.35 Å². The Morgan fingerprint density at radius 3 is 2.04 bits per heavy atom. The SMILES string of the molecule is CC(=O)C1=CCN(Cc2ccccc2)C=C1.O=S(=O)(O)c1ccccc1. The summed E-state index contributed by atoms with van der Waals surface area (Å²) in [5, 5.41) is 0. The molecular weight excluding hydrogens is 350 g/mol. The minimum Gasteiger partial charge on any atom is -0.369 e. The van der Waals surface area contributed by atoms with Crippen LogP contribution in [0.3, 0.4) is 0 Å². The zero-order chi connectivity index (χ0) is 19.0. The third-order valence-electron chi connectivity index (χ3n) is 3.69. The van der Waals surface area contributed by atoms with Crippen LogP contribution in [-0.4, -0.2) is 30.2 Å². The highest BCUT2D eigenvalue weighted by atomic mass is 32.2. The van der Waals surface area contributed by atoms with Crippen LogP contribution in [-0.2, 0) is 21.5 Å². The maximum Gasteiger partial charge on any atom is 0.294 e. The second-order valence-corrected chi connectivity index (χ2v) is 7.16. The van der Waals surface area contributed by atoms with Gasteiger partial charge in [-0.15, -0.1) is 0 Å². The van der Waals surface area contributed by atoms with Crippen LogP contribution in [0.4, 0.5) is 0 Å². The van der Waals surface area contributed by atoms with Gasteiger partial charge in [0.2, 0.25) is 0 Å². The van der Waals surface area contributed by atoms with Gasteiger partial charge in [0, 0.05) is 24.9 Å². The van der Waals surface area contributed by atoms with Crippen molar-refractivity contribution in [2.45, 2.75) is 18.4 Å². The summed E-state index contributed by atoms with van der Waals surface area (Å²) in [7, 11) is -4.00. The molecule has 1 N–H and O–H groups in total. The van der Waals surface area contributed by atoms with Crippen LogP contribution in [0, 0.1) is 0 Å². The summed E-state index contributed by atoms with van der Waals surface area (Å²) in [5.74, 6) is 0.135. The lowest BCUT2D eigenvalue weighted by Crippen LogP contribution is -2.20. The standard InChI is InChI=1S/C14H15NO.C6H6O3S/c1-12(16)14-7-9-15(10-8-14)11-13-5-3-2-4-6-13;7-10(8,9)6-4-2-1-3-5-6/h2-9H,10-11H2,1H3;1-5H,(H,7,8,9). The zero-order valence-electron chi connectivity index (χ0n) is 14.4. The molecule has 0 amide bonds. The highest BCUT2D eigenvalue weighted by molar-refractivity contribution is 7.85. The van der Waals surface area contributed by atoms with Crippen LogP contribution in [0.1, 0.15) is 12.5 Å². The quantitative estimate of drug-likeness (QED) is 0.833. The number of ketones is 1. The topological polar surface area (TPSA) is 74.7 Å². The minimum atomic E-state index is -4.00. The highest BCUT2D eigenvalue weighted by Gasteiger charge is 2.07. The molecule has 0 spiro atoms. The first-order valence-electron chi connectivity index (χ1n) is 8.06. The fourth-order valence-corrected chi connectivity index (χ4v) is 2.82. The van der Waals surface area contributed by atoms with Crippen molar-refractivity contribution in [3.05, 3.63) is 90.2 Å². The maximum absolute atomic E-state index is 11.1. The minimum absolute atomic E-state index is 0.0741. The maximum atomic E-state index is 11.1. The summed E-state index contributed by atoms with van der Waals surface area (Å²) >= 11 is 0. The molecule has 1 aliphatic rings. The van der Waals surface area contributed by atoms with E-state index >= 15 is 0 Å². The van der Waals surface area contributed by atoms with Crippen molar-refractivity contribution in [1.82, 2.24) is 4.90 Å². The molecule has 1 aliphatic heterocycles. The number of allylic oxidation sites excluding steroid dienone is 2. The van der Waals surface area contributed by atoms with E-state index in [0.29, 0.717) is 0 Å². The van der Waals surface area contributed by atoms with E-state index in [-0.39, 0.29) is 10.7 Å².